The zero-order valence-corrected chi connectivity index (χ0v) is 11.5. The monoisotopic (exact) mass is 239 g/mol. The normalized spacial score (nSPS) is 12.8. The van der Waals surface area contributed by atoms with Crippen molar-refractivity contribution < 1.29 is 0 Å². The quantitative estimate of drug-likeness (QED) is 0.773. The summed E-state index contributed by atoms with van der Waals surface area (Å²) in [5, 5.41) is 3.66. The highest BCUT2D eigenvalue weighted by atomic mass is 35.5. The standard InChI is InChI=1S/C14H22ClN/c1-5-13(15)8-16-9-14-11(3)6-10(2)7-12(14)4/h6-7,13,16H,5,8-9H2,1-4H3. The van der Waals surface area contributed by atoms with Crippen LogP contribution in [-0.2, 0) is 6.54 Å². The summed E-state index contributed by atoms with van der Waals surface area (Å²) in [6.07, 6.45) is 1.01. The van der Waals surface area contributed by atoms with Gasteiger partial charge < -0.3 is 5.32 Å². The Kier molecular flexibility index (Phi) is 5.30. The predicted octanol–water partition coefficient (Wildman–Crippen LogP) is 3.72. The van der Waals surface area contributed by atoms with Gasteiger partial charge in [0.2, 0.25) is 0 Å². The van der Waals surface area contributed by atoms with Crippen molar-refractivity contribution in [1.82, 2.24) is 5.32 Å². The van der Waals surface area contributed by atoms with Gasteiger partial charge in [-0.15, -0.1) is 11.6 Å². The number of benzene rings is 1. The highest BCUT2D eigenvalue weighted by molar-refractivity contribution is 6.20. The molecule has 90 valence electrons. The van der Waals surface area contributed by atoms with Crippen molar-refractivity contribution in [2.45, 2.75) is 46.0 Å². The van der Waals surface area contributed by atoms with Crippen molar-refractivity contribution in [2.24, 2.45) is 0 Å². The lowest BCUT2D eigenvalue weighted by Crippen LogP contribution is -2.23. The number of rotatable bonds is 5. The molecule has 1 aromatic rings. The van der Waals surface area contributed by atoms with Gasteiger partial charge in [-0.1, -0.05) is 24.6 Å². The van der Waals surface area contributed by atoms with Gasteiger partial charge >= 0.3 is 0 Å². The lowest BCUT2D eigenvalue weighted by atomic mass is 10.00. The first kappa shape index (κ1) is 13.5. The minimum Gasteiger partial charge on any atom is -0.311 e. The van der Waals surface area contributed by atoms with Crippen LogP contribution in [0, 0.1) is 20.8 Å². The van der Waals surface area contributed by atoms with Crippen LogP contribution in [0.15, 0.2) is 12.1 Å². The summed E-state index contributed by atoms with van der Waals surface area (Å²) in [4.78, 5) is 0. The third-order valence-electron chi connectivity index (χ3n) is 2.95. The molecule has 0 saturated carbocycles. The first-order chi connectivity index (χ1) is 7.54. The van der Waals surface area contributed by atoms with Crippen molar-refractivity contribution in [3.8, 4) is 0 Å². The van der Waals surface area contributed by atoms with Crippen LogP contribution in [0.1, 0.15) is 35.6 Å². The SMILES string of the molecule is CCC(Cl)CNCc1c(C)cc(C)cc1C. The lowest BCUT2D eigenvalue weighted by molar-refractivity contribution is 0.644. The highest BCUT2D eigenvalue weighted by Crippen LogP contribution is 2.16. The Morgan fingerprint density at radius 2 is 1.75 bits per heavy atom. The molecule has 0 radical (unpaired) electrons. The molecular weight excluding hydrogens is 218 g/mol. The third kappa shape index (κ3) is 3.80. The van der Waals surface area contributed by atoms with Crippen LogP contribution in [0.2, 0.25) is 0 Å². The molecule has 0 aliphatic heterocycles. The Balaban J connectivity index is 2.60. The van der Waals surface area contributed by atoms with Gasteiger partial charge in [0.05, 0.1) is 0 Å². The van der Waals surface area contributed by atoms with E-state index in [9.17, 15) is 0 Å². The molecule has 0 aliphatic rings. The van der Waals surface area contributed by atoms with Crippen LogP contribution < -0.4 is 5.32 Å². The number of alkyl halides is 1. The third-order valence-corrected chi connectivity index (χ3v) is 3.41. The fraction of sp³-hybridized carbons (Fsp3) is 0.571. The summed E-state index contributed by atoms with van der Waals surface area (Å²) in [6.45, 7) is 10.4. The van der Waals surface area contributed by atoms with E-state index in [1.54, 1.807) is 0 Å². The Morgan fingerprint density at radius 3 is 2.25 bits per heavy atom. The van der Waals surface area contributed by atoms with Crippen LogP contribution in [0.4, 0.5) is 0 Å². The van der Waals surface area contributed by atoms with Crippen LogP contribution in [0.5, 0.6) is 0 Å². The Labute approximate surface area is 104 Å². The lowest BCUT2D eigenvalue weighted by Gasteiger charge is -2.13. The van der Waals surface area contributed by atoms with E-state index in [-0.39, 0.29) is 5.38 Å². The van der Waals surface area contributed by atoms with Gasteiger partial charge in [-0.3, -0.25) is 0 Å². The fourth-order valence-corrected chi connectivity index (χ4v) is 2.10. The zero-order chi connectivity index (χ0) is 12.1. The molecular formula is C14H22ClN. The fourth-order valence-electron chi connectivity index (χ4n) is 1.99. The van der Waals surface area contributed by atoms with Crippen molar-refractivity contribution in [3.63, 3.8) is 0 Å². The van der Waals surface area contributed by atoms with Crippen molar-refractivity contribution in [1.29, 1.82) is 0 Å². The van der Waals surface area contributed by atoms with E-state index in [0.29, 0.717) is 0 Å². The minimum absolute atomic E-state index is 0.242. The Bertz CT molecular complexity index is 324. The van der Waals surface area contributed by atoms with E-state index in [0.717, 1.165) is 19.5 Å². The number of hydrogen-bond donors (Lipinski definition) is 1. The van der Waals surface area contributed by atoms with Gasteiger partial charge in [-0.2, -0.15) is 0 Å². The minimum atomic E-state index is 0.242. The molecule has 1 N–H and O–H groups in total. The summed E-state index contributed by atoms with van der Waals surface area (Å²) in [5.41, 5.74) is 5.48. The molecule has 0 aliphatic carbocycles. The Hall–Kier alpha value is -0.530. The van der Waals surface area contributed by atoms with Gasteiger partial charge in [0.1, 0.15) is 0 Å². The van der Waals surface area contributed by atoms with Crippen LogP contribution in [0.3, 0.4) is 0 Å². The first-order valence-electron chi connectivity index (χ1n) is 5.96. The van der Waals surface area contributed by atoms with E-state index < -0.39 is 0 Å². The number of hydrogen-bond acceptors (Lipinski definition) is 1. The van der Waals surface area contributed by atoms with E-state index in [4.69, 9.17) is 11.6 Å². The molecule has 1 unspecified atom stereocenters. The molecule has 0 fully saturated rings. The van der Waals surface area contributed by atoms with Crippen LogP contribution >= 0.6 is 11.6 Å². The number of aryl methyl sites for hydroxylation is 3. The maximum absolute atomic E-state index is 6.07. The topological polar surface area (TPSA) is 12.0 Å². The van der Waals surface area contributed by atoms with E-state index in [1.165, 1.54) is 22.3 Å². The molecule has 0 heterocycles. The highest BCUT2D eigenvalue weighted by Gasteiger charge is 2.05. The maximum Gasteiger partial charge on any atom is 0.0458 e. The summed E-state index contributed by atoms with van der Waals surface area (Å²) in [7, 11) is 0. The molecule has 0 aromatic heterocycles. The molecule has 1 atom stereocenters. The summed E-state index contributed by atoms with van der Waals surface area (Å²) in [6, 6.07) is 4.48. The smallest absolute Gasteiger partial charge is 0.0458 e. The van der Waals surface area contributed by atoms with E-state index in [2.05, 4.69) is 45.1 Å². The molecule has 0 amide bonds. The van der Waals surface area contributed by atoms with Crippen molar-refractivity contribution >= 4 is 11.6 Å². The zero-order valence-electron chi connectivity index (χ0n) is 10.7. The molecule has 1 aromatic carbocycles. The summed E-state index contributed by atoms with van der Waals surface area (Å²) in [5.74, 6) is 0. The van der Waals surface area contributed by atoms with Gasteiger partial charge in [-0.25, -0.2) is 0 Å². The summed E-state index contributed by atoms with van der Waals surface area (Å²) < 4.78 is 0. The van der Waals surface area contributed by atoms with Crippen molar-refractivity contribution in [3.05, 3.63) is 34.4 Å². The Morgan fingerprint density at radius 1 is 1.19 bits per heavy atom. The molecule has 0 saturated heterocycles. The second-order valence-corrected chi connectivity index (χ2v) is 5.13. The predicted molar refractivity (Wildman–Crippen MR) is 72.3 cm³/mol. The van der Waals surface area contributed by atoms with Crippen molar-refractivity contribution in [2.75, 3.05) is 6.54 Å². The van der Waals surface area contributed by atoms with Gasteiger partial charge in [0.15, 0.2) is 0 Å². The largest absolute Gasteiger partial charge is 0.311 e. The number of halogens is 1. The van der Waals surface area contributed by atoms with Gasteiger partial charge in [-0.05, 0) is 43.9 Å². The van der Waals surface area contributed by atoms with Crippen LogP contribution in [0.25, 0.3) is 0 Å². The average Bonchev–Trinajstić information content (AvgIpc) is 2.21. The van der Waals surface area contributed by atoms with Crippen LogP contribution in [-0.4, -0.2) is 11.9 Å². The second kappa shape index (κ2) is 6.27. The summed E-state index contributed by atoms with van der Waals surface area (Å²) >= 11 is 6.07. The molecule has 0 spiro atoms. The molecule has 1 nitrogen and oxygen atoms in total. The number of nitrogens with one attached hydrogen (secondary N) is 1. The first-order valence-corrected chi connectivity index (χ1v) is 6.39. The molecule has 1 rings (SSSR count). The van der Waals surface area contributed by atoms with E-state index >= 15 is 0 Å². The van der Waals surface area contributed by atoms with Gasteiger partial charge in [0.25, 0.3) is 0 Å². The van der Waals surface area contributed by atoms with Gasteiger partial charge in [0, 0.05) is 18.5 Å². The molecule has 16 heavy (non-hydrogen) atoms. The second-order valence-electron chi connectivity index (χ2n) is 4.51. The molecule has 0 bridgehead atoms. The van der Waals surface area contributed by atoms with E-state index in [1.807, 2.05) is 0 Å². The maximum atomic E-state index is 6.07. The molecule has 2 heteroatoms. The average molecular weight is 240 g/mol.